The molecule has 1 aromatic heterocycles. The molecule has 4 rings (SSSR count). The molecule has 0 aliphatic carbocycles. The van der Waals surface area contributed by atoms with Gasteiger partial charge in [0.1, 0.15) is 23.3 Å². The minimum atomic E-state index is -0.200. The molecule has 150 valence electrons. The van der Waals surface area contributed by atoms with E-state index in [9.17, 15) is 4.79 Å². The molecule has 1 N–H and O–H groups in total. The second-order valence-electron chi connectivity index (χ2n) is 6.88. The molecular weight excluding hydrogens is 368 g/mol. The summed E-state index contributed by atoms with van der Waals surface area (Å²) in [6.07, 6.45) is 2.65. The molecule has 29 heavy (non-hydrogen) atoms. The number of rotatable bonds is 7. The molecule has 0 radical (unpaired) electrons. The number of carbonyl (C=O) groups excluding carboxylic acids is 1. The molecule has 6 nitrogen and oxygen atoms in total. The lowest BCUT2D eigenvalue weighted by molar-refractivity contribution is 0.0947. The number of furan rings is 1. The van der Waals surface area contributed by atoms with E-state index in [1.165, 1.54) is 11.3 Å². The maximum Gasteiger partial charge on any atom is 0.255 e. The number of amides is 1. The zero-order valence-electron chi connectivity index (χ0n) is 16.6. The van der Waals surface area contributed by atoms with Gasteiger partial charge < -0.3 is 24.1 Å². The summed E-state index contributed by atoms with van der Waals surface area (Å²) in [5, 5.41) is 3.05. The summed E-state index contributed by atoms with van der Waals surface area (Å²) in [5.41, 5.74) is 2.96. The Morgan fingerprint density at radius 2 is 2.00 bits per heavy atom. The van der Waals surface area contributed by atoms with Crippen molar-refractivity contribution in [2.75, 3.05) is 32.2 Å². The maximum absolute atomic E-state index is 12.9. The monoisotopic (exact) mass is 392 g/mol. The minimum absolute atomic E-state index is 0.0955. The fourth-order valence-corrected chi connectivity index (χ4v) is 3.80. The summed E-state index contributed by atoms with van der Waals surface area (Å²) in [4.78, 5) is 15.2. The van der Waals surface area contributed by atoms with Gasteiger partial charge in [0.2, 0.25) is 0 Å². The number of ether oxygens (including phenoxy) is 2. The SMILES string of the molecule is COc1ccc(C(=O)NC[C@H](c2ccco2)N2CCc3ccccc32)c(OC)c1. The Bertz CT molecular complexity index is 984. The van der Waals surface area contributed by atoms with Crippen molar-refractivity contribution < 1.29 is 18.7 Å². The van der Waals surface area contributed by atoms with Gasteiger partial charge in [-0.3, -0.25) is 4.79 Å². The van der Waals surface area contributed by atoms with Crippen LogP contribution in [0.4, 0.5) is 5.69 Å². The summed E-state index contributed by atoms with van der Waals surface area (Å²) < 4.78 is 16.3. The number of methoxy groups -OCH3 is 2. The van der Waals surface area contributed by atoms with Gasteiger partial charge in [-0.05, 0) is 42.3 Å². The van der Waals surface area contributed by atoms with Crippen LogP contribution in [0.5, 0.6) is 11.5 Å². The standard InChI is InChI=1S/C23H24N2O4/c1-27-17-9-10-18(22(14-17)28-2)23(26)24-15-20(21-8-5-13-29-21)25-12-11-16-6-3-4-7-19(16)25/h3-10,13-14,20H,11-12,15H2,1-2H3,(H,24,26)/t20-/m1/s1. The second kappa shape index (κ2) is 8.31. The number of benzene rings is 2. The third-order valence-electron chi connectivity index (χ3n) is 5.28. The Morgan fingerprint density at radius 1 is 1.14 bits per heavy atom. The maximum atomic E-state index is 12.9. The number of fused-ring (bicyclic) bond motifs is 1. The van der Waals surface area contributed by atoms with Crippen LogP contribution < -0.4 is 19.7 Å². The molecule has 0 fully saturated rings. The molecule has 0 saturated heterocycles. The fourth-order valence-electron chi connectivity index (χ4n) is 3.80. The van der Waals surface area contributed by atoms with E-state index in [0.29, 0.717) is 23.6 Å². The lowest BCUT2D eigenvalue weighted by Gasteiger charge is -2.29. The van der Waals surface area contributed by atoms with Crippen LogP contribution in [0.1, 0.15) is 27.7 Å². The first-order valence-corrected chi connectivity index (χ1v) is 9.59. The first-order chi connectivity index (χ1) is 14.2. The molecule has 1 aliphatic rings. The number of anilines is 1. The molecule has 0 spiro atoms. The summed E-state index contributed by atoms with van der Waals surface area (Å²) in [6.45, 7) is 1.29. The topological polar surface area (TPSA) is 63.9 Å². The number of hydrogen-bond acceptors (Lipinski definition) is 5. The van der Waals surface area contributed by atoms with E-state index < -0.39 is 0 Å². The van der Waals surface area contributed by atoms with E-state index in [4.69, 9.17) is 13.9 Å². The van der Waals surface area contributed by atoms with Gasteiger partial charge in [0.05, 0.1) is 26.0 Å². The number of para-hydroxylation sites is 1. The van der Waals surface area contributed by atoms with Crippen molar-refractivity contribution in [3.05, 3.63) is 77.7 Å². The summed E-state index contributed by atoms with van der Waals surface area (Å²) in [5.74, 6) is 1.74. The molecule has 1 atom stereocenters. The Labute approximate surface area is 170 Å². The molecule has 1 amide bonds. The fraction of sp³-hybridized carbons (Fsp3) is 0.261. The average molecular weight is 392 g/mol. The highest BCUT2D eigenvalue weighted by atomic mass is 16.5. The largest absolute Gasteiger partial charge is 0.497 e. The molecular formula is C23H24N2O4. The normalized spacial score (nSPS) is 13.7. The smallest absolute Gasteiger partial charge is 0.255 e. The van der Waals surface area contributed by atoms with Crippen LogP contribution in [-0.4, -0.2) is 33.2 Å². The Balaban J connectivity index is 1.55. The zero-order valence-corrected chi connectivity index (χ0v) is 16.6. The van der Waals surface area contributed by atoms with Crippen LogP contribution in [-0.2, 0) is 6.42 Å². The van der Waals surface area contributed by atoms with Crippen molar-refractivity contribution in [3.63, 3.8) is 0 Å². The van der Waals surface area contributed by atoms with Crippen LogP contribution in [0.15, 0.2) is 65.3 Å². The van der Waals surface area contributed by atoms with Gasteiger partial charge in [0.15, 0.2) is 0 Å². The summed E-state index contributed by atoms with van der Waals surface area (Å²) in [6, 6.07) is 17.3. The third-order valence-corrected chi connectivity index (χ3v) is 5.28. The summed E-state index contributed by atoms with van der Waals surface area (Å²) >= 11 is 0. The molecule has 0 unspecified atom stereocenters. The van der Waals surface area contributed by atoms with Crippen LogP contribution in [0.2, 0.25) is 0 Å². The van der Waals surface area contributed by atoms with Crippen LogP contribution in [0.3, 0.4) is 0 Å². The van der Waals surface area contributed by atoms with E-state index in [1.54, 1.807) is 38.7 Å². The number of nitrogens with one attached hydrogen (secondary N) is 1. The molecule has 2 heterocycles. The van der Waals surface area contributed by atoms with Gasteiger partial charge in [-0.15, -0.1) is 0 Å². The van der Waals surface area contributed by atoms with Gasteiger partial charge in [-0.25, -0.2) is 0 Å². The van der Waals surface area contributed by atoms with E-state index >= 15 is 0 Å². The average Bonchev–Trinajstić information content (AvgIpc) is 3.44. The van der Waals surface area contributed by atoms with Crippen molar-refractivity contribution >= 4 is 11.6 Å². The van der Waals surface area contributed by atoms with E-state index in [1.807, 2.05) is 18.2 Å². The first kappa shape index (κ1) is 18.9. The molecule has 6 heteroatoms. The van der Waals surface area contributed by atoms with Gasteiger partial charge in [-0.1, -0.05) is 18.2 Å². The predicted molar refractivity (Wildman–Crippen MR) is 111 cm³/mol. The number of carbonyl (C=O) groups is 1. The quantitative estimate of drug-likeness (QED) is 0.662. The Hall–Kier alpha value is -3.41. The van der Waals surface area contributed by atoms with Crippen molar-refractivity contribution in [1.82, 2.24) is 5.32 Å². The summed E-state index contributed by atoms with van der Waals surface area (Å²) in [7, 11) is 3.12. The van der Waals surface area contributed by atoms with Gasteiger partial charge in [-0.2, -0.15) is 0 Å². The molecule has 0 saturated carbocycles. The van der Waals surface area contributed by atoms with Crippen LogP contribution in [0.25, 0.3) is 0 Å². The predicted octanol–water partition coefficient (Wildman–Crippen LogP) is 3.83. The highest BCUT2D eigenvalue weighted by Crippen LogP contribution is 2.35. The van der Waals surface area contributed by atoms with Crippen molar-refractivity contribution in [2.45, 2.75) is 12.5 Å². The van der Waals surface area contributed by atoms with Gasteiger partial charge in [0.25, 0.3) is 5.91 Å². The lowest BCUT2D eigenvalue weighted by atomic mass is 10.1. The first-order valence-electron chi connectivity index (χ1n) is 9.59. The molecule has 2 aromatic carbocycles. The van der Waals surface area contributed by atoms with Crippen molar-refractivity contribution in [2.24, 2.45) is 0 Å². The molecule has 3 aromatic rings. The highest BCUT2D eigenvalue weighted by Gasteiger charge is 2.29. The van der Waals surface area contributed by atoms with Crippen LogP contribution >= 0.6 is 0 Å². The zero-order chi connectivity index (χ0) is 20.2. The minimum Gasteiger partial charge on any atom is -0.497 e. The van der Waals surface area contributed by atoms with Gasteiger partial charge in [0, 0.05) is 24.8 Å². The third kappa shape index (κ3) is 3.78. The van der Waals surface area contributed by atoms with Crippen molar-refractivity contribution in [1.29, 1.82) is 0 Å². The highest BCUT2D eigenvalue weighted by molar-refractivity contribution is 5.97. The number of hydrogen-bond donors (Lipinski definition) is 1. The second-order valence-corrected chi connectivity index (χ2v) is 6.88. The molecule has 0 bridgehead atoms. The van der Waals surface area contributed by atoms with Gasteiger partial charge >= 0.3 is 0 Å². The number of nitrogens with zero attached hydrogens (tertiary/aromatic N) is 1. The molecule has 1 aliphatic heterocycles. The van der Waals surface area contributed by atoms with Crippen LogP contribution in [0, 0.1) is 0 Å². The van der Waals surface area contributed by atoms with Crippen molar-refractivity contribution in [3.8, 4) is 11.5 Å². The lowest BCUT2D eigenvalue weighted by Crippen LogP contribution is -2.37. The Morgan fingerprint density at radius 3 is 2.76 bits per heavy atom. The van der Waals surface area contributed by atoms with E-state index in [-0.39, 0.29) is 11.9 Å². The Kier molecular flexibility index (Phi) is 5.42. The van der Waals surface area contributed by atoms with E-state index in [0.717, 1.165) is 18.7 Å². The van der Waals surface area contributed by atoms with E-state index in [2.05, 4.69) is 28.4 Å².